The molecule has 2 aromatic carbocycles. The lowest BCUT2D eigenvalue weighted by atomic mass is 9.81. The highest BCUT2D eigenvalue weighted by Crippen LogP contribution is 2.41. The van der Waals surface area contributed by atoms with Gasteiger partial charge in [0.15, 0.2) is 9.84 Å². The maximum absolute atomic E-state index is 14.5. The third-order valence-electron chi connectivity index (χ3n) is 6.74. The molecule has 1 spiro atoms. The summed E-state index contributed by atoms with van der Waals surface area (Å²) >= 11 is 0. The number of sulfone groups is 1. The van der Waals surface area contributed by atoms with Crippen molar-refractivity contribution in [1.29, 1.82) is 0 Å². The Morgan fingerprint density at radius 2 is 1.62 bits per heavy atom. The monoisotopic (exact) mass is 463 g/mol. The van der Waals surface area contributed by atoms with E-state index in [9.17, 15) is 17.2 Å². The van der Waals surface area contributed by atoms with Gasteiger partial charge in [-0.05, 0) is 87.4 Å². The first-order valence-corrected chi connectivity index (χ1v) is 13.1. The van der Waals surface area contributed by atoms with Crippen molar-refractivity contribution in [1.82, 2.24) is 4.90 Å². The van der Waals surface area contributed by atoms with E-state index in [4.69, 9.17) is 4.74 Å². The van der Waals surface area contributed by atoms with Crippen LogP contribution in [-0.4, -0.2) is 43.8 Å². The molecule has 7 heteroatoms. The molecule has 2 aliphatic heterocycles. The standard InChI is InChI=1S/C25H31F2NO3S/c1-24(2,3)28-11-9-25(10-12-28)8-7-18-13-17(5-6-23(18)31-25)19-14-21(26)20(22(27)15-19)16-32(4,29)30/h5-6,13-15H,7-12,16H2,1-4H3. The van der Waals surface area contributed by atoms with Gasteiger partial charge in [0.05, 0.1) is 5.75 Å². The summed E-state index contributed by atoms with van der Waals surface area (Å²) in [5.41, 5.74) is 1.72. The van der Waals surface area contributed by atoms with Crippen molar-refractivity contribution in [2.75, 3.05) is 19.3 Å². The van der Waals surface area contributed by atoms with Crippen molar-refractivity contribution in [2.24, 2.45) is 0 Å². The molecule has 0 saturated carbocycles. The molecule has 0 N–H and O–H groups in total. The van der Waals surface area contributed by atoms with Crippen LogP contribution < -0.4 is 4.74 Å². The minimum absolute atomic E-state index is 0.137. The average molecular weight is 464 g/mol. The Labute approximate surface area is 189 Å². The first-order valence-electron chi connectivity index (χ1n) is 11.1. The summed E-state index contributed by atoms with van der Waals surface area (Å²) in [6.07, 6.45) is 4.73. The number of hydrogen-bond donors (Lipinski definition) is 0. The van der Waals surface area contributed by atoms with Crippen LogP contribution in [0.5, 0.6) is 5.75 Å². The molecule has 0 aromatic heterocycles. The van der Waals surface area contributed by atoms with Gasteiger partial charge < -0.3 is 4.74 Å². The molecule has 1 saturated heterocycles. The molecule has 0 aliphatic carbocycles. The molecular formula is C25H31F2NO3S. The predicted octanol–water partition coefficient (Wildman–Crippen LogP) is 5.13. The molecule has 174 valence electrons. The summed E-state index contributed by atoms with van der Waals surface area (Å²) in [6, 6.07) is 8.04. The van der Waals surface area contributed by atoms with E-state index >= 15 is 0 Å². The number of piperidine rings is 1. The highest BCUT2D eigenvalue weighted by atomic mass is 32.2. The third-order valence-corrected chi connectivity index (χ3v) is 7.55. The van der Waals surface area contributed by atoms with Gasteiger partial charge in [0.25, 0.3) is 0 Å². The number of fused-ring (bicyclic) bond motifs is 1. The van der Waals surface area contributed by atoms with Crippen LogP contribution in [0.15, 0.2) is 30.3 Å². The summed E-state index contributed by atoms with van der Waals surface area (Å²) in [4.78, 5) is 2.50. The van der Waals surface area contributed by atoms with Gasteiger partial charge in [-0.15, -0.1) is 0 Å². The van der Waals surface area contributed by atoms with Gasteiger partial charge in [0, 0.05) is 30.4 Å². The van der Waals surface area contributed by atoms with Crippen LogP contribution in [-0.2, 0) is 22.0 Å². The normalized spacial score (nSPS) is 18.9. The second kappa shape index (κ2) is 8.10. The first kappa shape index (κ1) is 23.2. The Balaban J connectivity index is 1.54. The maximum Gasteiger partial charge on any atom is 0.151 e. The van der Waals surface area contributed by atoms with Gasteiger partial charge in [-0.1, -0.05) is 6.07 Å². The van der Waals surface area contributed by atoms with E-state index in [0.717, 1.165) is 56.3 Å². The van der Waals surface area contributed by atoms with Gasteiger partial charge in [-0.25, -0.2) is 17.2 Å². The zero-order chi connectivity index (χ0) is 23.3. The number of hydrogen-bond acceptors (Lipinski definition) is 4. The van der Waals surface area contributed by atoms with Crippen LogP contribution >= 0.6 is 0 Å². The third kappa shape index (κ3) is 4.84. The fourth-order valence-electron chi connectivity index (χ4n) is 4.81. The summed E-state index contributed by atoms with van der Waals surface area (Å²) < 4.78 is 58.4. The minimum Gasteiger partial charge on any atom is -0.487 e. The molecule has 0 unspecified atom stereocenters. The van der Waals surface area contributed by atoms with E-state index < -0.39 is 32.8 Å². The molecule has 2 heterocycles. The van der Waals surface area contributed by atoms with Crippen molar-refractivity contribution in [2.45, 2.75) is 63.3 Å². The molecule has 1 fully saturated rings. The van der Waals surface area contributed by atoms with E-state index in [-0.39, 0.29) is 11.1 Å². The summed E-state index contributed by atoms with van der Waals surface area (Å²) in [7, 11) is -3.54. The Hall–Kier alpha value is -1.99. The fraction of sp³-hybridized carbons (Fsp3) is 0.520. The van der Waals surface area contributed by atoms with Gasteiger partial charge in [0.2, 0.25) is 0 Å². The van der Waals surface area contributed by atoms with E-state index in [1.54, 1.807) is 0 Å². The SMILES string of the molecule is CC(C)(C)N1CCC2(CCc3cc(-c4cc(F)c(CS(C)(=O)=O)c(F)c4)ccc3O2)CC1. The zero-order valence-corrected chi connectivity index (χ0v) is 20.0. The topological polar surface area (TPSA) is 46.6 Å². The van der Waals surface area contributed by atoms with Crippen LogP contribution in [0, 0.1) is 11.6 Å². The smallest absolute Gasteiger partial charge is 0.151 e. The number of benzene rings is 2. The van der Waals surface area contributed by atoms with E-state index in [0.29, 0.717) is 11.1 Å². The van der Waals surface area contributed by atoms with E-state index in [1.165, 1.54) is 12.1 Å². The van der Waals surface area contributed by atoms with Crippen LogP contribution in [0.2, 0.25) is 0 Å². The largest absolute Gasteiger partial charge is 0.487 e. The lowest BCUT2D eigenvalue weighted by molar-refractivity contribution is -0.0355. The molecule has 0 amide bonds. The Morgan fingerprint density at radius 3 is 2.19 bits per heavy atom. The van der Waals surface area contributed by atoms with Gasteiger partial charge in [0.1, 0.15) is 23.0 Å². The number of likely N-dealkylation sites (tertiary alicyclic amines) is 1. The molecule has 2 aliphatic rings. The number of ether oxygens (including phenoxy) is 1. The summed E-state index contributed by atoms with van der Waals surface area (Å²) in [5, 5.41) is 0. The Kier molecular flexibility index (Phi) is 5.87. The van der Waals surface area contributed by atoms with E-state index in [1.807, 2.05) is 18.2 Å². The second-order valence-electron chi connectivity index (χ2n) is 10.3. The lowest BCUT2D eigenvalue weighted by Crippen LogP contribution is -2.54. The molecule has 0 atom stereocenters. The second-order valence-corrected chi connectivity index (χ2v) is 12.4. The Bertz CT molecular complexity index is 1110. The molecule has 0 radical (unpaired) electrons. The average Bonchev–Trinajstić information content (AvgIpc) is 2.69. The molecule has 4 rings (SSSR count). The highest BCUT2D eigenvalue weighted by Gasteiger charge is 2.41. The predicted molar refractivity (Wildman–Crippen MR) is 123 cm³/mol. The first-order chi connectivity index (χ1) is 14.9. The molecule has 4 nitrogen and oxygen atoms in total. The van der Waals surface area contributed by atoms with Crippen molar-refractivity contribution in [3.8, 4) is 16.9 Å². The fourth-order valence-corrected chi connectivity index (χ4v) is 5.61. The van der Waals surface area contributed by atoms with Crippen molar-refractivity contribution in [3.63, 3.8) is 0 Å². The zero-order valence-electron chi connectivity index (χ0n) is 19.2. The van der Waals surface area contributed by atoms with Crippen molar-refractivity contribution >= 4 is 9.84 Å². The van der Waals surface area contributed by atoms with Gasteiger partial charge in [-0.3, -0.25) is 4.90 Å². The van der Waals surface area contributed by atoms with Crippen LogP contribution in [0.4, 0.5) is 8.78 Å². The summed E-state index contributed by atoms with van der Waals surface area (Å²) in [5.74, 6) is -1.50. The molecule has 32 heavy (non-hydrogen) atoms. The highest BCUT2D eigenvalue weighted by molar-refractivity contribution is 7.89. The molecule has 2 aromatic rings. The number of halogens is 2. The van der Waals surface area contributed by atoms with Crippen molar-refractivity contribution < 1.29 is 21.9 Å². The lowest BCUT2D eigenvalue weighted by Gasteiger charge is -2.48. The van der Waals surface area contributed by atoms with Crippen LogP contribution in [0.25, 0.3) is 11.1 Å². The Morgan fingerprint density at radius 1 is 1.00 bits per heavy atom. The minimum atomic E-state index is -3.54. The number of aryl methyl sites for hydroxylation is 1. The molecule has 0 bridgehead atoms. The number of rotatable bonds is 3. The van der Waals surface area contributed by atoms with Gasteiger partial charge >= 0.3 is 0 Å². The quantitative estimate of drug-likeness (QED) is 0.633. The van der Waals surface area contributed by atoms with Crippen molar-refractivity contribution in [3.05, 3.63) is 53.1 Å². The summed E-state index contributed by atoms with van der Waals surface area (Å²) in [6.45, 7) is 8.74. The number of nitrogens with zero attached hydrogens (tertiary/aromatic N) is 1. The van der Waals surface area contributed by atoms with Crippen LogP contribution in [0.3, 0.4) is 0 Å². The van der Waals surface area contributed by atoms with E-state index in [2.05, 4.69) is 25.7 Å². The van der Waals surface area contributed by atoms with Crippen LogP contribution in [0.1, 0.15) is 51.2 Å². The van der Waals surface area contributed by atoms with Gasteiger partial charge in [-0.2, -0.15) is 0 Å². The maximum atomic E-state index is 14.5. The molecular weight excluding hydrogens is 432 g/mol.